The van der Waals surface area contributed by atoms with Crippen LogP contribution < -0.4 is 10.5 Å². The average molecular weight is 251 g/mol. The summed E-state index contributed by atoms with van der Waals surface area (Å²) in [6, 6.07) is 7.72. The van der Waals surface area contributed by atoms with Gasteiger partial charge in [0, 0.05) is 0 Å². The Labute approximate surface area is 108 Å². The maximum Gasteiger partial charge on any atom is 0.314 e. The predicted octanol–water partition coefficient (Wildman–Crippen LogP) is 1.77. The molecule has 0 aliphatic carbocycles. The molecule has 0 spiro atoms. The Morgan fingerprint density at radius 2 is 2.00 bits per heavy atom. The molecule has 1 aromatic carbocycles. The van der Waals surface area contributed by atoms with Gasteiger partial charge in [-0.15, -0.1) is 0 Å². The number of methoxy groups -OCH3 is 1. The molecular weight excluding hydrogens is 230 g/mol. The van der Waals surface area contributed by atoms with E-state index < -0.39 is 5.41 Å². The fraction of sp³-hybridized carbons (Fsp3) is 0.500. The first-order chi connectivity index (χ1) is 8.51. The third kappa shape index (κ3) is 3.74. The maximum absolute atomic E-state index is 11.5. The molecule has 0 saturated heterocycles. The van der Waals surface area contributed by atoms with Crippen molar-refractivity contribution in [1.29, 1.82) is 0 Å². The number of hydrogen-bond acceptors (Lipinski definition) is 4. The van der Waals surface area contributed by atoms with Crippen LogP contribution in [0.2, 0.25) is 0 Å². The molecule has 18 heavy (non-hydrogen) atoms. The van der Waals surface area contributed by atoms with Gasteiger partial charge in [0.2, 0.25) is 0 Å². The Hall–Kier alpha value is -1.55. The number of para-hydroxylation sites is 1. The van der Waals surface area contributed by atoms with Crippen LogP contribution in [0, 0.1) is 5.41 Å². The molecule has 0 fully saturated rings. The first-order valence-electron chi connectivity index (χ1n) is 6.00. The van der Waals surface area contributed by atoms with Crippen LogP contribution in [0.4, 0.5) is 0 Å². The average Bonchev–Trinajstić information content (AvgIpc) is 2.37. The number of benzene rings is 1. The van der Waals surface area contributed by atoms with Crippen molar-refractivity contribution >= 4 is 5.97 Å². The zero-order valence-electron chi connectivity index (χ0n) is 11.2. The lowest BCUT2D eigenvalue weighted by atomic mass is 9.95. The summed E-state index contributed by atoms with van der Waals surface area (Å²) in [4.78, 5) is 11.5. The van der Waals surface area contributed by atoms with Crippen LogP contribution in [0.1, 0.15) is 19.4 Å². The number of carbonyl (C=O) groups is 1. The van der Waals surface area contributed by atoms with Crippen molar-refractivity contribution in [3.63, 3.8) is 0 Å². The fourth-order valence-electron chi connectivity index (χ4n) is 1.60. The molecule has 0 aliphatic rings. The molecule has 0 heterocycles. The normalized spacial score (nSPS) is 11.1. The Morgan fingerprint density at radius 3 is 2.61 bits per heavy atom. The van der Waals surface area contributed by atoms with Crippen LogP contribution in [-0.2, 0) is 16.0 Å². The van der Waals surface area contributed by atoms with Crippen molar-refractivity contribution < 1.29 is 14.3 Å². The summed E-state index contributed by atoms with van der Waals surface area (Å²) in [5.41, 5.74) is 5.95. The Bertz CT molecular complexity index is 402. The third-order valence-electron chi connectivity index (χ3n) is 2.71. The van der Waals surface area contributed by atoms with Gasteiger partial charge in [0.25, 0.3) is 0 Å². The molecule has 100 valence electrons. The molecule has 0 aliphatic heterocycles. The molecule has 0 amide bonds. The van der Waals surface area contributed by atoms with Gasteiger partial charge in [-0.3, -0.25) is 4.79 Å². The second-order valence-corrected chi connectivity index (χ2v) is 4.81. The van der Waals surface area contributed by atoms with Crippen LogP contribution in [-0.4, -0.2) is 26.2 Å². The molecule has 4 heteroatoms. The van der Waals surface area contributed by atoms with E-state index in [2.05, 4.69) is 0 Å². The molecule has 1 aromatic rings. The minimum atomic E-state index is -0.662. The Balaban J connectivity index is 2.71. The molecule has 0 unspecified atom stereocenters. The maximum atomic E-state index is 11.5. The quantitative estimate of drug-likeness (QED) is 0.783. The minimum absolute atomic E-state index is 0.279. The zero-order chi connectivity index (χ0) is 13.6. The lowest BCUT2D eigenvalue weighted by molar-refractivity contribution is -0.152. The Morgan fingerprint density at radius 1 is 1.33 bits per heavy atom. The fourth-order valence-corrected chi connectivity index (χ4v) is 1.60. The van der Waals surface area contributed by atoms with E-state index in [0.717, 1.165) is 17.7 Å². The van der Waals surface area contributed by atoms with E-state index in [0.29, 0.717) is 6.54 Å². The van der Waals surface area contributed by atoms with Crippen LogP contribution in [0.5, 0.6) is 5.75 Å². The third-order valence-corrected chi connectivity index (χ3v) is 2.71. The number of rotatable bonds is 6. The number of ether oxygens (including phenoxy) is 2. The SMILES string of the molecule is COC(=O)C(C)(C)COc1ccccc1CCN. The zero-order valence-corrected chi connectivity index (χ0v) is 11.2. The highest BCUT2D eigenvalue weighted by Crippen LogP contribution is 2.23. The van der Waals surface area contributed by atoms with Crippen LogP contribution in [0.15, 0.2) is 24.3 Å². The van der Waals surface area contributed by atoms with E-state index in [-0.39, 0.29) is 12.6 Å². The van der Waals surface area contributed by atoms with Crippen molar-refractivity contribution in [3.8, 4) is 5.75 Å². The second kappa shape index (κ2) is 6.40. The molecule has 0 radical (unpaired) electrons. The molecule has 0 aromatic heterocycles. The van der Waals surface area contributed by atoms with Gasteiger partial charge >= 0.3 is 5.97 Å². The van der Waals surface area contributed by atoms with E-state index in [1.807, 2.05) is 24.3 Å². The van der Waals surface area contributed by atoms with E-state index in [1.54, 1.807) is 13.8 Å². The number of esters is 1. The molecule has 4 nitrogen and oxygen atoms in total. The summed E-state index contributed by atoms with van der Waals surface area (Å²) >= 11 is 0. The highest BCUT2D eigenvalue weighted by molar-refractivity contribution is 5.75. The van der Waals surface area contributed by atoms with Crippen LogP contribution >= 0.6 is 0 Å². The lowest BCUT2D eigenvalue weighted by Crippen LogP contribution is -2.32. The molecule has 2 N–H and O–H groups in total. The van der Waals surface area contributed by atoms with E-state index in [1.165, 1.54) is 7.11 Å². The predicted molar refractivity (Wildman–Crippen MR) is 70.5 cm³/mol. The topological polar surface area (TPSA) is 61.5 Å². The van der Waals surface area contributed by atoms with Gasteiger partial charge in [0.15, 0.2) is 0 Å². The van der Waals surface area contributed by atoms with E-state index >= 15 is 0 Å². The lowest BCUT2D eigenvalue weighted by Gasteiger charge is -2.22. The van der Waals surface area contributed by atoms with Gasteiger partial charge in [-0.2, -0.15) is 0 Å². The largest absolute Gasteiger partial charge is 0.492 e. The first kappa shape index (κ1) is 14.5. The van der Waals surface area contributed by atoms with Gasteiger partial charge in [0.1, 0.15) is 12.4 Å². The summed E-state index contributed by atoms with van der Waals surface area (Å²) in [7, 11) is 1.38. The molecule has 0 atom stereocenters. The molecule has 0 bridgehead atoms. The minimum Gasteiger partial charge on any atom is -0.492 e. The highest BCUT2D eigenvalue weighted by atomic mass is 16.5. The summed E-state index contributed by atoms with van der Waals surface area (Å²) in [5, 5.41) is 0. The Kier molecular flexibility index (Phi) is 5.16. The van der Waals surface area contributed by atoms with Gasteiger partial charge in [-0.05, 0) is 38.4 Å². The van der Waals surface area contributed by atoms with E-state index in [9.17, 15) is 4.79 Å². The molecule has 1 rings (SSSR count). The van der Waals surface area contributed by atoms with Gasteiger partial charge in [-0.1, -0.05) is 18.2 Å². The van der Waals surface area contributed by atoms with Crippen molar-refractivity contribution in [2.24, 2.45) is 11.1 Å². The number of nitrogens with two attached hydrogens (primary N) is 1. The summed E-state index contributed by atoms with van der Waals surface area (Å²) in [6.45, 7) is 4.44. The van der Waals surface area contributed by atoms with Crippen molar-refractivity contribution in [1.82, 2.24) is 0 Å². The van der Waals surface area contributed by atoms with Gasteiger partial charge < -0.3 is 15.2 Å². The molecular formula is C14H21NO3. The summed E-state index contributed by atoms with van der Waals surface area (Å²) in [5.74, 6) is 0.499. The highest BCUT2D eigenvalue weighted by Gasteiger charge is 2.29. The van der Waals surface area contributed by atoms with Gasteiger partial charge in [-0.25, -0.2) is 0 Å². The monoisotopic (exact) mass is 251 g/mol. The summed E-state index contributed by atoms with van der Waals surface area (Å²) in [6.07, 6.45) is 0.759. The van der Waals surface area contributed by atoms with Gasteiger partial charge in [0.05, 0.1) is 12.5 Å². The van der Waals surface area contributed by atoms with Crippen molar-refractivity contribution in [2.75, 3.05) is 20.3 Å². The van der Waals surface area contributed by atoms with Crippen LogP contribution in [0.25, 0.3) is 0 Å². The number of hydrogen-bond donors (Lipinski definition) is 1. The van der Waals surface area contributed by atoms with Crippen LogP contribution in [0.3, 0.4) is 0 Å². The summed E-state index contributed by atoms with van der Waals surface area (Å²) < 4.78 is 10.5. The van der Waals surface area contributed by atoms with Crippen molar-refractivity contribution in [2.45, 2.75) is 20.3 Å². The number of carbonyl (C=O) groups excluding carboxylic acids is 1. The van der Waals surface area contributed by atoms with E-state index in [4.69, 9.17) is 15.2 Å². The molecule has 0 saturated carbocycles. The van der Waals surface area contributed by atoms with Crippen molar-refractivity contribution in [3.05, 3.63) is 29.8 Å². The standard InChI is InChI=1S/C14H21NO3/c1-14(2,13(16)17-3)10-18-12-7-5-4-6-11(12)8-9-15/h4-7H,8-10,15H2,1-3H3. The smallest absolute Gasteiger partial charge is 0.314 e. The second-order valence-electron chi connectivity index (χ2n) is 4.81. The first-order valence-corrected chi connectivity index (χ1v) is 6.00.